The van der Waals surface area contributed by atoms with Crippen LogP contribution in [0.4, 0.5) is 5.69 Å². The Balaban J connectivity index is 2.14. The maximum absolute atomic E-state index is 12.0. The number of nitrogens with zero attached hydrogens (tertiary/aromatic N) is 1. The van der Waals surface area contributed by atoms with Gasteiger partial charge in [0, 0.05) is 16.2 Å². The number of hydrogen-bond acceptors (Lipinski definition) is 4. The first-order valence-corrected chi connectivity index (χ1v) is 7.99. The van der Waals surface area contributed by atoms with E-state index in [0.29, 0.717) is 17.1 Å². The number of halogens is 1. The molecule has 0 saturated carbocycles. The molecule has 0 atom stereocenters. The average Bonchev–Trinajstić information content (AvgIpc) is 2.68. The summed E-state index contributed by atoms with van der Waals surface area (Å²) in [5.41, 5.74) is 1.87. The standard InChI is InChI=1S/C12H13BrN2O3S/c1-8-5-10(3-4-12(8)13)15-19(16,17)7-11-6-9(2)18-14-11/h3-6,15H,7H2,1-2H3. The number of rotatable bonds is 4. The van der Waals surface area contributed by atoms with Gasteiger partial charge in [0.25, 0.3) is 0 Å². The molecule has 1 aromatic carbocycles. The summed E-state index contributed by atoms with van der Waals surface area (Å²) >= 11 is 3.37. The minimum Gasteiger partial charge on any atom is -0.361 e. The molecule has 0 fully saturated rings. The van der Waals surface area contributed by atoms with Crippen molar-refractivity contribution in [2.75, 3.05) is 4.72 Å². The summed E-state index contributed by atoms with van der Waals surface area (Å²) in [6.07, 6.45) is 0. The minimum absolute atomic E-state index is 0.209. The van der Waals surface area contributed by atoms with Gasteiger partial charge in [-0.3, -0.25) is 4.72 Å². The second-order valence-electron chi connectivity index (χ2n) is 4.25. The SMILES string of the molecule is Cc1cc(CS(=O)(=O)Nc2ccc(Br)c(C)c2)no1. The van der Waals surface area contributed by atoms with Gasteiger partial charge in [-0.2, -0.15) is 0 Å². The smallest absolute Gasteiger partial charge is 0.238 e. The molecule has 7 heteroatoms. The highest BCUT2D eigenvalue weighted by atomic mass is 79.9. The van der Waals surface area contributed by atoms with Crippen LogP contribution < -0.4 is 4.72 Å². The normalized spacial score (nSPS) is 11.5. The lowest BCUT2D eigenvalue weighted by Crippen LogP contribution is -2.15. The molecule has 102 valence electrons. The van der Waals surface area contributed by atoms with E-state index in [-0.39, 0.29) is 5.75 Å². The highest BCUT2D eigenvalue weighted by molar-refractivity contribution is 9.10. The lowest BCUT2D eigenvalue weighted by molar-refractivity contribution is 0.392. The molecule has 0 amide bonds. The van der Waals surface area contributed by atoms with Gasteiger partial charge in [0.1, 0.15) is 17.2 Å². The summed E-state index contributed by atoms with van der Waals surface area (Å²) in [6.45, 7) is 3.61. The summed E-state index contributed by atoms with van der Waals surface area (Å²) in [4.78, 5) is 0. The van der Waals surface area contributed by atoms with Crippen molar-refractivity contribution in [2.24, 2.45) is 0 Å². The van der Waals surface area contributed by atoms with Crippen LogP contribution >= 0.6 is 15.9 Å². The number of benzene rings is 1. The third-order valence-electron chi connectivity index (χ3n) is 2.45. The van der Waals surface area contributed by atoms with E-state index >= 15 is 0 Å². The highest BCUT2D eigenvalue weighted by Gasteiger charge is 2.15. The quantitative estimate of drug-likeness (QED) is 0.925. The topological polar surface area (TPSA) is 72.2 Å². The molecule has 0 saturated heterocycles. The van der Waals surface area contributed by atoms with Crippen LogP contribution in [0.3, 0.4) is 0 Å². The van der Waals surface area contributed by atoms with Crippen LogP contribution in [0.5, 0.6) is 0 Å². The Hall–Kier alpha value is -1.34. The van der Waals surface area contributed by atoms with E-state index in [9.17, 15) is 8.42 Å². The van der Waals surface area contributed by atoms with Crippen molar-refractivity contribution in [3.8, 4) is 0 Å². The number of nitrogens with one attached hydrogen (secondary N) is 1. The largest absolute Gasteiger partial charge is 0.361 e. The van der Waals surface area contributed by atoms with Gasteiger partial charge < -0.3 is 4.52 Å². The number of aromatic nitrogens is 1. The lowest BCUT2D eigenvalue weighted by atomic mass is 10.2. The minimum atomic E-state index is -3.49. The van der Waals surface area contributed by atoms with Gasteiger partial charge in [0.2, 0.25) is 10.0 Å². The monoisotopic (exact) mass is 344 g/mol. The predicted molar refractivity (Wildman–Crippen MR) is 76.4 cm³/mol. The van der Waals surface area contributed by atoms with E-state index < -0.39 is 10.0 Å². The Kier molecular flexibility index (Phi) is 3.96. The van der Waals surface area contributed by atoms with Gasteiger partial charge in [-0.15, -0.1) is 0 Å². The van der Waals surface area contributed by atoms with Crippen LogP contribution in [-0.2, 0) is 15.8 Å². The fourth-order valence-corrected chi connectivity index (χ4v) is 2.93. The van der Waals surface area contributed by atoms with Crippen LogP contribution in [0.1, 0.15) is 17.0 Å². The van der Waals surface area contributed by atoms with Gasteiger partial charge in [-0.25, -0.2) is 8.42 Å². The van der Waals surface area contributed by atoms with Crippen molar-refractivity contribution < 1.29 is 12.9 Å². The van der Waals surface area contributed by atoms with Crippen molar-refractivity contribution in [1.82, 2.24) is 5.16 Å². The van der Waals surface area contributed by atoms with E-state index in [4.69, 9.17) is 4.52 Å². The summed E-state index contributed by atoms with van der Waals surface area (Å²) < 4.78 is 32.2. The first kappa shape index (κ1) is 14.1. The highest BCUT2D eigenvalue weighted by Crippen LogP contribution is 2.21. The third-order valence-corrected chi connectivity index (χ3v) is 4.56. The summed E-state index contributed by atoms with van der Waals surface area (Å²) in [5.74, 6) is 0.379. The zero-order valence-electron chi connectivity index (χ0n) is 10.5. The Bertz CT molecular complexity index is 695. The van der Waals surface area contributed by atoms with E-state index in [1.807, 2.05) is 6.92 Å². The van der Waals surface area contributed by atoms with Crippen LogP contribution in [0, 0.1) is 13.8 Å². The molecular weight excluding hydrogens is 332 g/mol. The molecule has 2 aromatic rings. The second-order valence-corrected chi connectivity index (χ2v) is 6.83. The maximum atomic E-state index is 12.0. The van der Waals surface area contributed by atoms with Crippen LogP contribution in [0.2, 0.25) is 0 Å². The van der Waals surface area contributed by atoms with Gasteiger partial charge >= 0.3 is 0 Å². The van der Waals surface area contributed by atoms with Crippen molar-refractivity contribution in [1.29, 1.82) is 0 Å². The molecule has 0 aliphatic rings. The molecule has 1 N–H and O–H groups in total. The van der Waals surface area contributed by atoms with Crippen LogP contribution in [0.15, 0.2) is 33.3 Å². The Morgan fingerprint density at radius 2 is 2.05 bits per heavy atom. The van der Waals surface area contributed by atoms with E-state index in [2.05, 4.69) is 25.8 Å². The first-order valence-electron chi connectivity index (χ1n) is 5.54. The second kappa shape index (κ2) is 5.34. The van der Waals surface area contributed by atoms with Gasteiger partial charge in [0.15, 0.2) is 0 Å². The molecule has 0 bridgehead atoms. The number of hydrogen-bond donors (Lipinski definition) is 1. The van der Waals surface area contributed by atoms with E-state index in [0.717, 1.165) is 10.0 Å². The number of anilines is 1. The van der Waals surface area contributed by atoms with Gasteiger partial charge in [-0.1, -0.05) is 21.1 Å². The molecule has 0 unspecified atom stereocenters. The molecule has 0 radical (unpaired) electrons. The summed E-state index contributed by atoms with van der Waals surface area (Å²) in [7, 11) is -3.49. The molecule has 19 heavy (non-hydrogen) atoms. The van der Waals surface area contributed by atoms with Gasteiger partial charge in [0.05, 0.1) is 0 Å². The number of sulfonamides is 1. The molecule has 0 aliphatic heterocycles. The predicted octanol–water partition coefficient (Wildman–Crippen LogP) is 3.00. The zero-order chi connectivity index (χ0) is 14.0. The molecule has 0 aliphatic carbocycles. The Labute approximate surface area is 120 Å². The summed E-state index contributed by atoms with van der Waals surface area (Å²) in [5, 5.41) is 3.67. The van der Waals surface area contributed by atoms with Crippen LogP contribution in [-0.4, -0.2) is 13.6 Å². The molecule has 0 spiro atoms. The lowest BCUT2D eigenvalue weighted by Gasteiger charge is -2.08. The van der Waals surface area contributed by atoms with Gasteiger partial charge in [-0.05, 0) is 37.6 Å². The molecular formula is C12H13BrN2O3S. The van der Waals surface area contributed by atoms with E-state index in [1.165, 1.54) is 0 Å². The fourth-order valence-electron chi connectivity index (χ4n) is 1.60. The first-order chi connectivity index (χ1) is 8.85. The fraction of sp³-hybridized carbons (Fsp3) is 0.250. The Morgan fingerprint density at radius 1 is 1.32 bits per heavy atom. The molecule has 1 heterocycles. The molecule has 2 rings (SSSR count). The summed E-state index contributed by atoms with van der Waals surface area (Å²) in [6, 6.07) is 6.86. The van der Waals surface area contributed by atoms with Crippen molar-refractivity contribution in [2.45, 2.75) is 19.6 Å². The number of aryl methyl sites for hydroxylation is 2. The third kappa shape index (κ3) is 3.81. The van der Waals surface area contributed by atoms with E-state index in [1.54, 1.807) is 31.2 Å². The molecule has 5 nitrogen and oxygen atoms in total. The maximum Gasteiger partial charge on any atom is 0.238 e. The van der Waals surface area contributed by atoms with Crippen molar-refractivity contribution in [3.05, 3.63) is 45.8 Å². The van der Waals surface area contributed by atoms with Crippen molar-refractivity contribution >= 4 is 31.6 Å². The average molecular weight is 345 g/mol. The van der Waals surface area contributed by atoms with Crippen molar-refractivity contribution in [3.63, 3.8) is 0 Å². The van der Waals surface area contributed by atoms with Crippen LogP contribution in [0.25, 0.3) is 0 Å². The molecule has 1 aromatic heterocycles. The Morgan fingerprint density at radius 3 is 2.63 bits per heavy atom. The zero-order valence-corrected chi connectivity index (χ0v) is 12.9.